The molecular formula is C18H25O3. The standard InChI is InChI=1S/C18H25O3/c1-12(2)16-9-8-14(4)11-17(16)20-21-18(19)15-7-5-6-13(3)10-15/h5-7,10,12,14,16H,8-9,11H2,1-4H3. The summed E-state index contributed by atoms with van der Waals surface area (Å²) in [5.41, 5.74) is 1.56. The molecule has 0 bridgehead atoms. The third-order valence-corrected chi connectivity index (χ3v) is 4.22. The molecule has 0 amide bonds. The zero-order chi connectivity index (χ0) is 15.4. The van der Waals surface area contributed by atoms with Crippen molar-refractivity contribution in [2.45, 2.75) is 47.0 Å². The first kappa shape index (κ1) is 16.0. The minimum absolute atomic E-state index is 0.381. The lowest BCUT2D eigenvalue weighted by Crippen LogP contribution is -2.28. The topological polar surface area (TPSA) is 35.5 Å². The lowest BCUT2D eigenvalue weighted by molar-refractivity contribution is -0.251. The van der Waals surface area contributed by atoms with E-state index < -0.39 is 5.97 Å². The molecule has 2 atom stereocenters. The molecule has 0 saturated heterocycles. The van der Waals surface area contributed by atoms with Crippen LogP contribution < -0.4 is 0 Å². The normalized spacial score (nSPS) is 23.3. The van der Waals surface area contributed by atoms with Crippen LogP contribution in [0.15, 0.2) is 24.3 Å². The van der Waals surface area contributed by atoms with Crippen LogP contribution in [-0.4, -0.2) is 5.97 Å². The fourth-order valence-corrected chi connectivity index (χ4v) is 2.93. The first-order valence-corrected chi connectivity index (χ1v) is 7.78. The molecule has 3 heteroatoms. The molecule has 1 aromatic carbocycles. The van der Waals surface area contributed by atoms with E-state index in [-0.39, 0.29) is 0 Å². The summed E-state index contributed by atoms with van der Waals surface area (Å²) >= 11 is 0. The first-order chi connectivity index (χ1) is 9.97. The van der Waals surface area contributed by atoms with Gasteiger partial charge >= 0.3 is 5.97 Å². The van der Waals surface area contributed by atoms with Gasteiger partial charge in [-0.15, -0.1) is 0 Å². The second-order valence-electron chi connectivity index (χ2n) is 6.53. The van der Waals surface area contributed by atoms with Crippen molar-refractivity contribution in [2.75, 3.05) is 0 Å². The van der Waals surface area contributed by atoms with Crippen molar-refractivity contribution in [3.05, 3.63) is 41.5 Å². The monoisotopic (exact) mass is 289 g/mol. The van der Waals surface area contributed by atoms with Crippen molar-refractivity contribution in [3.8, 4) is 0 Å². The van der Waals surface area contributed by atoms with Gasteiger partial charge in [0.1, 0.15) is 0 Å². The molecular weight excluding hydrogens is 264 g/mol. The number of hydrogen-bond acceptors (Lipinski definition) is 3. The minimum atomic E-state index is -0.424. The Labute approximate surface area is 127 Å². The van der Waals surface area contributed by atoms with Gasteiger partial charge in [-0.25, -0.2) is 4.79 Å². The van der Waals surface area contributed by atoms with Gasteiger partial charge in [-0.3, -0.25) is 4.89 Å². The van der Waals surface area contributed by atoms with E-state index in [1.54, 1.807) is 12.1 Å². The van der Waals surface area contributed by atoms with Crippen molar-refractivity contribution in [1.29, 1.82) is 0 Å². The lowest BCUT2D eigenvalue weighted by atomic mass is 9.75. The van der Waals surface area contributed by atoms with E-state index in [1.807, 2.05) is 19.1 Å². The summed E-state index contributed by atoms with van der Waals surface area (Å²) in [5.74, 6) is 1.05. The van der Waals surface area contributed by atoms with E-state index >= 15 is 0 Å². The van der Waals surface area contributed by atoms with Gasteiger partial charge in [0.25, 0.3) is 0 Å². The molecule has 1 fully saturated rings. The van der Waals surface area contributed by atoms with E-state index in [1.165, 1.54) is 6.42 Å². The van der Waals surface area contributed by atoms with Gasteiger partial charge in [0.05, 0.1) is 5.56 Å². The SMILES string of the molecule is Cc1cccc(C(=O)OO[C]2CC(C)CCC2C(C)C)c1. The molecule has 115 valence electrons. The number of benzene rings is 1. The zero-order valence-corrected chi connectivity index (χ0v) is 13.4. The lowest BCUT2D eigenvalue weighted by Gasteiger charge is -2.34. The maximum Gasteiger partial charge on any atom is 0.373 e. The van der Waals surface area contributed by atoms with E-state index in [4.69, 9.17) is 9.78 Å². The Hall–Kier alpha value is -1.35. The molecule has 0 spiro atoms. The molecule has 1 aromatic rings. The molecule has 1 saturated carbocycles. The maximum absolute atomic E-state index is 12.0. The van der Waals surface area contributed by atoms with Crippen LogP contribution in [0.3, 0.4) is 0 Å². The molecule has 3 nitrogen and oxygen atoms in total. The van der Waals surface area contributed by atoms with Crippen molar-refractivity contribution < 1.29 is 14.6 Å². The second kappa shape index (κ2) is 7.08. The molecule has 21 heavy (non-hydrogen) atoms. The predicted octanol–water partition coefficient (Wildman–Crippen LogP) is 4.71. The van der Waals surface area contributed by atoms with Crippen LogP contribution in [0.4, 0.5) is 0 Å². The van der Waals surface area contributed by atoms with Gasteiger partial charge < -0.3 is 0 Å². The minimum Gasteiger partial charge on any atom is -0.292 e. The third kappa shape index (κ3) is 4.31. The molecule has 1 aliphatic rings. The Kier molecular flexibility index (Phi) is 5.40. The van der Waals surface area contributed by atoms with E-state index in [0.29, 0.717) is 23.3 Å². The van der Waals surface area contributed by atoms with Gasteiger partial charge in [-0.1, -0.05) is 44.9 Å². The number of rotatable bonds is 4. The zero-order valence-electron chi connectivity index (χ0n) is 13.4. The molecule has 0 aromatic heterocycles. The van der Waals surface area contributed by atoms with Crippen LogP contribution in [0.25, 0.3) is 0 Å². The molecule has 1 aliphatic carbocycles. The fourth-order valence-electron chi connectivity index (χ4n) is 2.93. The Morgan fingerprint density at radius 1 is 1.29 bits per heavy atom. The second-order valence-corrected chi connectivity index (χ2v) is 6.53. The van der Waals surface area contributed by atoms with Gasteiger partial charge in [-0.2, -0.15) is 4.89 Å². The first-order valence-electron chi connectivity index (χ1n) is 7.78. The Morgan fingerprint density at radius 2 is 2.05 bits per heavy atom. The van der Waals surface area contributed by atoms with E-state index in [0.717, 1.165) is 24.5 Å². The summed E-state index contributed by atoms with van der Waals surface area (Å²) < 4.78 is 0. The smallest absolute Gasteiger partial charge is 0.292 e. The molecule has 0 heterocycles. The molecule has 0 N–H and O–H groups in total. The highest BCUT2D eigenvalue weighted by molar-refractivity contribution is 5.89. The number of carbonyl (C=O) groups excluding carboxylic acids is 1. The van der Waals surface area contributed by atoms with Crippen LogP contribution in [-0.2, 0) is 9.78 Å². The largest absolute Gasteiger partial charge is 0.373 e. The molecule has 0 aliphatic heterocycles. The van der Waals surface area contributed by atoms with Crippen LogP contribution in [0.2, 0.25) is 0 Å². The number of hydrogen-bond donors (Lipinski definition) is 0. The Balaban J connectivity index is 1.95. The average Bonchev–Trinajstić information content (AvgIpc) is 2.44. The summed E-state index contributed by atoms with van der Waals surface area (Å²) in [4.78, 5) is 22.6. The number of carbonyl (C=O) groups is 1. The highest BCUT2D eigenvalue weighted by atomic mass is 17.2. The highest BCUT2D eigenvalue weighted by Gasteiger charge is 2.34. The molecule has 2 unspecified atom stereocenters. The van der Waals surface area contributed by atoms with Crippen molar-refractivity contribution in [2.24, 2.45) is 17.8 Å². The van der Waals surface area contributed by atoms with E-state index in [2.05, 4.69) is 20.8 Å². The Bertz CT molecular complexity index is 481. The van der Waals surface area contributed by atoms with Crippen LogP contribution in [0.1, 0.15) is 56.0 Å². The summed E-state index contributed by atoms with van der Waals surface area (Å²) in [5, 5.41) is 0. The van der Waals surface area contributed by atoms with Crippen LogP contribution in [0, 0.1) is 30.8 Å². The summed E-state index contributed by atoms with van der Waals surface area (Å²) in [7, 11) is 0. The highest BCUT2D eigenvalue weighted by Crippen LogP contribution is 2.40. The van der Waals surface area contributed by atoms with Crippen molar-refractivity contribution in [3.63, 3.8) is 0 Å². The fraction of sp³-hybridized carbons (Fsp3) is 0.556. The maximum atomic E-state index is 12.0. The third-order valence-electron chi connectivity index (χ3n) is 4.22. The quantitative estimate of drug-likeness (QED) is 0.595. The molecule has 1 radical (unpaired) electrons. The predicted molar refractivity (Wildman–Crippen MR) is 82.3 cm³/mol. The van der Waals surface area contributed by atoms with Crippen LogP contribution in [0.5, 0.6) is 0 Å². The number of aryl methyl sites for hydroxylation is 1. The van der Waals surface area contributed by atoms with E-state index in [9.17, 15) is 4.79 Å². The van der Waals surface area contributed by atoms with Crippen LogP contribution >= 0.6 is 0 Å². The summed E-state index contributed by atoms with van der Waals surface area (Å²) in [6.07, 6.45) is 4.12. The van der Waals surface area contributed by atoms with Gasteiger partial charge in [-0.05, 0) is 49.7 Å². The Morgan fingerprint density at radius 3 is 2.71 bits per heavy atom. The van der Waals surface area contributed by atoms with Crippen molar-refractivity contribution in [1.82, 2.24) is 0 Å². The average molecular weight is 289 g/mol. The van der Waals surface area contributed by atoms with Gasteiger partial charge in [0, 0.05) is 0 Å². The molecule has 2 rings (SSSR count). The van der Waals surface area contributed by atoms with Gasteiger partial charge in [0.15, 0.2) is 6.10 Å². The summed E-state index contributed by atoms with van der Waals surface area (Å²) in [6.45, 7) is 8.53. The van der Waals surface area contributed by atoms with Gasteiger partial charge in [0.2, 0.25) is 0 Å². The van der Waals surface area contributed by atoms with Crippen molar-refractivity contribution >= 4 is 5.97 Å². The summed E-state index contributed by atoms with van der Waals surface area (Å²) in [6, 6.07) is 7.34.